The third-order valence-electron chi connectivity index (χ3n) is 5.28. The fourth-order valence-corrected chi connectivity index (χ4v) is 3.21. The van der Waals surface area contributed by atoms with E-state index in [4.69, 9.17) is 14.3 Å². The summed E-state index contributed by atoms with van der Waals surface area (Å²) in [4.78, 5) is 26.3. The van der Waals surface area contributed by atoms with Gasteiger partial charge in [0.05, 0.1) is 18.6 Å². The van der Waals surface area contributed by atoms with Gasteiger partial charge in [-0.05, 0) is 37.1 Å². The molecule has 1 heterocycles. The lowest BCUT2D eigenvalue weighted by molar-refractivity contribution is -0.137. The molecule has 1 aromatic heterocycles. The van der Waals surface area contributed by atoms with Crippen LogP contribution in [0.25, 0.3) is 11.0 Å². The van der Waals surface area contributed by atoms with Gasteiger partial charge in [-0.2, -0.15) is 0 Å². The van der Waals surface area contributed by atoms with Crippen molar-refractivity contribution in [2.45, 2.75) is 44.7 Å². The molecule has 1 aromatic carbocycles. The minimum Gasteiger partial charge on any atom is -0.489 e. The number of carbonyl (C=O) groups excluding carboxylic acids is 1. The summed E-state index contributed by atoms with van der Waals surface area (Å²) < 4.78 is 11.0. The first-order valence-corrected chi connectivity index (χ1v) is 10.4. The van der Waals surface area contributed by atoms with Gasteiger partial charge in [-0.3, -0.25) is 4.79 Å². The molecule has 5 N–H and O–H groups in total. The average Bonchev–Trinajstić information content (AvgIpc) is 2.78. The number of ether oxygens (including phenoxy) is 1. The van der Waals surface area contributed by atoms with E-state index >= 15 is 0 Å². The Morgan fingerprint density at radius 3 is 2.42 bits per heavy atom. The van der Waals surface area contributed by atoms with Crippen LogP contribution in [0.3, 0.4) is 0 Å². The van der Waals surface area contributed by atoms with E-state index in [0.29, 0.717) is 28.9 Å². The molecule has 0 spiro atoms. The van der Waals surface area contributed by atoms with Gasteiger partial charge in [-0.1, -0.05) is 6.58 Å². The van der Waals surface area contributed by atoms with Crippen LogP contribution in [0.2, 0.25) is 0 Å². The minimum absolute atomic E-state index is 0.153. The lowest BCUT2D eigenvalue weighted by Crippen LogP contribution is -2.50. The van der Waals surface area contributed by atoms with Crippen molar-refractivity contribution in [3.8, 4) is 5.75 Å². The number of hydrogen-bond donors (Lipinski definition) is 5. The predicted molar refractivity (Wildman–Crippen MR) is 120 cm³/mol. The topological polar surface area (TPSA) is 161 Å². The molecule has 0 aliphatic rings. The normalized spacial score (nSPS) is 15.0. The first-order chi connectivity index (χ1) is 15.5. The maximum Gasteiger partial charge on any atom is 0.340 e. The number of benzene rings is 1. The van der Waals surface area contributed by atoms with Crippen LogP contribution in [0.15, 0.2) is 39.6 Å². The van der Waals surface area contributed by atoms with Crippen LogP contribution in [0.1, 0.15) is 18.1 Å². The summed E-state index contributed by atoms with van der Waals surface area (Å²) in [7, 11) is 1.36. The summed E-state index contributed by atoms with van der Waals surface area (Å²) in [5.74, 6) is -0.0210. The molecular weight excluding hydrogens is 434 g/mol. The molecule has 10 heteroatoms. The Labute approximate surface area is 191 Å². The second kappa shape index (κ2) is 11.4. The summed E-state index contributed by atoms with van der Waals surface area (Å²) >= 11 is 0. The molecular formula is C23H31NO9. The highest BCUT2D eigenvalue weighted by molar-refractivity contribution is 5.85. The van der Waals surface area contributed by atoms with E-state index in [2.05, 4.69) is 6.58 Å². The van der Waals surface area contributed by atoms with Gasteiger partial charge in [0, 0.05) is 25.0 Å². The smallest absolute Gasteiger partial charge is 0.340 e. The Balaban J connectivity index is 2.15. The van der Waals surface area contributed by atoms with Crippen molar-refractivity contribution in [3.63, 3.8) is 0 Å². The zero-order valence-electron chi connectivity index (χ0n) is 18.9. The third kappa shape index (κ3) is 6.62. The summed E-state index contributed by atoms with van der Waals surface area (Å²) in [5.41, 5.74) is 1.19. The molecule has 0 radical (unpaired) electrons. The fraction of sp³-hybridized carbons (Fsp3) is 0.478. The second-order valence-corrected chi connectivity index (χ2v) is 8.15. The molecule has 2 aromatic rings. The molecule has 0 fully saturated rings. The van der Waals surface area contributed by atoms with Gasteiger partial charge in [0.25, 0.3) is 0 Å². The van der Waals surface area contributed by atoms with E-state index in [9.17, 15) is 30.0 Å². The molecule has 4 atom stereocenters. The lowest BCUT2D eigenvalue weighted by Gasteiger charge is -2.28. The number of carbonyl (C=O) groups is 1. The first kappa shape index (κ1) is 26.5. The number of aryl methyl sites for hydroxylation is 1. The van der Waals surface area contributed by atoms with Gasteiger partial charge >= 0.3 is 5.63 Å². The quantitative estimate of drug-likeness (QED) is 0.217. The second-order valence-electron chi connectivity index (χ2n) is 8.15. The SMILES string of the molecule is C=C(C)COc1ccc2c(C)c(CC(=O)N(C)C[C@@H](O)[C@@H](O)[C@@H](O)[C@@H](O)CO)c(=O)oc2c1. The van der Waals surface area contributed by atoms with Crippen LogP contribution in [-0.4, -0.2) is 87.6 Å². The average molecular weight is 465 g/mol. The van der Waals surface area contributed by atoms with Crippen molar-refractivity contribution >= 4 is 16.9 Å². The van der Waals surface area contributed by atoms with Crippen LogP contribution in [-0.2, 0) is 11.2 Å². The first-order valence-electron chi connectivity index (χ1n) is 10.4. The zero-order chi connectivity index (χ0) is 24.9. The van der Waals surface area contributed by atoms with Gasteiger partial charge in [0.1, 0.15) is 42.4 Å². The molecule has 0 saturated heterocycles. The number of aliphatic hydroxyl groups is 5. The molecule has 0 bridgehead atoms. The molecule has 182 valence electrons. The molecule has 2 rings (SSSR count). The Bertz CT molecular complexity index is 1050. The number of likely N-dealkylation sites (N-methyl/N-ethyl adjacent to an activating group) is 1. The van der Waals surface area contributed by atoms with Crippen molar-refractivity contribution in [1.29, 1.82) is 0 Å². The number of aliphatic hydroxyl groups excluding tert-OH is 5. The van der Waals surface area contributed by atoms with E-state index in [1.165, 1.54) is 7.05 Å². The molecule has 0 aliphatic carbocycles. The largest absolute Gasteiger partial charge is 0.489 e. The Hall–Kier alpha value is -2.76. The molecule has 10 nitrogen and oxygen atoms in total. The summed E-state index contributed by atoms with van der Waals surface area (Å²) in [6.07, 6.45) is -7.14. The molecule has 0 aliphatic heterocycles. The van der Waals surface area contributed by atoms with E-state index < -0.39 is 42.6 Å². The standard InChI is InChI=1S/C23H31NO9/c1-12(2)11-32-14-5-6-15-13(3)16(23(31)33-19(15)7-14)8-20(28)24(4)9-17(26)21(29)22(30)18(27)10-25/h5-7,17-18,21-22,25-27,29-30H,1,8-11H2,2-4H3/t17-,18+,21-,22+/m1/s1. The van der Waals surface area contributed by atoms with Gasteiger partial charge in [-0.15, -0.1) is 0 Å². The van der Waals surface area contributed by atoms with Crippen molar-refractivity contribution in [2.75, 3.05) is 26.8 Å². The van der Waals surface area contributed by atoms with Gasteiger partial charge in [-0.25, -0.2) is 4.79 Å². The van der Waals surface area contributed by atoms with E-state index in [-0.39, 0.29) is 18.5 Å². The zero-order valence-corrected chi connectivity index (χ0v) is 18.9. The van der Waals surface area contributed by atoms with Crippen LogP contribution < -0.4 is 10.4 Å². The van der Waals surface area contributed by atoms with Crippen molar-refractivity contribution in [3.05, 3.63) is 51.9 Å². The number of fused-ring (bicyclic) bond motifs is 1. The maximum atomic E-state index is 12.6. The number of nitrogens with zero attached hydrogens (tertiary/aromatic N) is 1. The van der Waals surface area contributed by atoms with E-state index in [1.807, 2.05) is 6.92 Å². The molecule has 1 amide bonds. The van der Waals surface area contributed by atoms with Crippen molar-refractivity contribution < 1.29 is 39.5 Å². The fourth-order valence-electron chi connectivity index (χ4n) is 3.21. The number of rotatable bonds is 11. The lowest BCUT2D eigenvalue weighted by atomic mass is 10.0. The van der Waals surface area contributed by atoms with E-state index in [0.717, 1.165) is 10.5 Å². The highest BCUT2D eigenvalue weighted by Gasteiger charge is 2.31. The van der Waals surface area contributed by atoms with Crippen molar-refractivity contribution in [1.82, 2.24) is 4.90 Å². The molecule has 0 unspecified atom stereocenters. The van der Waals surface area contributed by atoms with Gasteiger partial charge in [0.2, 0.25) is 5.91 Å². The number of hydrogen-bond acceptors (Lipinski definition) is 9. The summed E-state index contributed by atoms with van der Waals surface area (Å²) in [5, 5.41) is 48.6. The summed E-state index contributed by atoms with van der Waals surface area (Å²) in [6.45, 7) is 6.42. The highest BCUT2D eigenvalue weighted by Crippen LogP contribution is 2.25. The maximum absolute atomic E-state index is 12.6. The van der Waals surface area contributed by atoms with Crippen LogP contribution in [0.4, 0.5) is 0 Å². The minimum atomic E-state index is -1.80. The van der Waals surface area contributed by atoms with Crippen LogP contribution in [0, 0.1) is 6.92 Å². The molecule has 0 saturated carbocycles. The van der Waals surface area contributed by atoms with Gasteiger partial charge < -0.3 is 39.6 Å². The van der Waals surface area contributed by atoms with Crippen LogP contribution in [0.5, 0.6) is 5.75 Å². The summed E-state index contributed by atoms with van der Waals surface area (Å²) in [6, 6.07) is 5.04. The molecule has 33 heavy (non-hydrogen) atoms. The van der Waals surface area contributed by atoms with E-state index in [1.54, 1.807) is 25.1 Å². The monoisotopic (exact) mass is 465 g/mol. The highest BCUT2D eigenvalue weighted by atomic mass is 16.5. The van der Waals surface area contributed by atoms with Crippen LogP contribution >= 0.6 is 0 Å². The Morgan fingerprint density at radius 2 is 1.82 bits per heavy atom. The number of amides is 1. The van der Waals surface area contributed by atoms with Crippen molar-refractivity contribution in [2.24, 2.45) is 0 Å². The predicted octanol–water partition coefficient (Wildman–Crippen LogP) is -0.507. The Kier molecular flexibility index (Phi) is 9.15. The Morgan fingerprint density at radius 1 is 1.18 bits per heavy atom. The third-order valence-corrected chi connectivity index (χ3v) is 5.28. The van der Waals surface area contributed by atoms with Gasteiger partial charge in [0.15, 0.2) is 0 Å².